The summed E-state index contributed by atoms with van der Waals surface area (Å²) in [6.07, 6.45) is 1.10. The molecule has 0 aliphatic heterocycles. The van der Waals surface area contributed by atoms with Gasteiger partial charge in [-0.1, -0.05) is 30.3 Å². The molecule has 0 unspecified atom stereocenters. The van der Waals surface area contributed by atoms with E-state index in [4.69, 9.17) is 4.74 Å². The molecule has 0 spiro atoms. The zero-order valence-electron chi connectivity index (χ0n) is 16.0. The summed E-state index contributed by atoms with van der Waals surface area (Å²) in [7, 11) is -3.62. The lowest BCUT2D eigenvalue weighted by Gasteiger charge is -2.29. The van der Waals surface area contributed by atoms with Crippen LogP contribution in [0.3, 0.4) is 0 Å². The summed E-state index contributed by atoms with van der Waals surface area (Å²) in [6.45, 7) is 5.93. The van der Waals surface area contributed by atoms with Gasteiger partial charge in [-0.3, -0.25) is 9.10 Å². The van der Waals surface area contributed by atoms with Crippen LogP contribution in [0.4, 0.5) is 5.69 Å². The summed E-state index contributed by atoms with van der Waals surface area (Å²) in [5.41, 5.74) is 1.36. The fourth-order valence-electron chi connectivity index (χ4n) is 2.82. The summed E-state index contributed by atoms with van der Waals surface area (Å²) in [5.74, 6) is 0.395. The summed E-state index contributed by atoms with van der Waals surface area (Å²) in [6, 6.07) is 14.9. The van der Waals surface area contributed by atoms with Gasteiger partial charge in [-0.15, -0.1) is 0 Å². The number of carbonyl (C=O) groups excluding carboxylic acids is 1. The Morgan fingerprint density at radius 3 is 2.19 bits per heavy atom. The second-order valence-corrected chi connectivity index (χ2v) is 8.16. The summed E-state index contributed by atoms with van der Waals surface area (Å²) in [4.78, 5) is 12.7. The fourth-order valence-corrected chi connectivity index (χ4v) is 4.00. The minimum absolute atomic E-state index is 0.271. The van der Waals surface area contributed by atoms with Crippen LogP contribution < -0.4 is 14.4 Å². The number of para-hydroxylation sites is 1. The van der Waals surface area contributed by atoms with Crippen LogP contribution in [0.2, 0.25) is 0 Å². The van der Waals surface area contributed by atoms with Crippen molar-refractivity contribution in [3.8, 4) is 5.75 Å². The molecule has 0 bridgehead atoms. The third-order valence-electron chi connectivity index (χ3n) is 4.15. The summed E-state index contributed by atoms with van der Waals surface area (Å²) >= 11 is 0. The number of sulfonamides is 1. The molecular formula is C20H26N2O4S. The minimum Gasteiger partial charge on any atom is -0.494 e. The molecule has 0 aliphatic rings. The van der Waals surface area contributed by atoms with Crippen LogP contribution in [0.5, 0.6) is 5.75 Å². The van der Waals surface area contributed by atoms with Crippen molar-refractivity contribution in [2.24, 2.45) is 0 Å². The van der Waals surface area contributed by atoms with Crippen LogP contribution in [0.15, 0.2) is 54.6 Å². The van der Waals surface area contributed by atoms with Crippen molar-refractivity contribution in [2.45, 2.75) is 32.9 Å². The van der Waals surface area contributed by atoms with Crippen LogP contribution in [-0.2, 0) is 14.8 Å². The van der Waals surface area contributed by atoms with Crippen molar-refractivity contribution in [3.05, 3.63) is 60.2 Å². The van der Waals surface area contributed by atoms with E-state index < -0.39 is 16.1 Å². The molecule has 0 radical (unpaired) electrons. The molecule has 0 aromatic heterocycles. The lowest BCUT2D eigenvalue weighted by Crippen LogP contribution is -2.48. The van der Waals surface area contributed by atoms with Crippen molar-refractivity contribution >= 4 is 21.6 Å². The van der Waals surface area contributed by atoms with Crippen LogP contribution >= 0.6 is 0 Å². The first-order chi connectivity index (χ1) is 12.7. The van der Waals surface area contributed by atoms with Gasteiger partial charge in [0.25, 0.3) is 0 Å². The average molecular weight is 391 g/mol. The van der Waals surface area contributed by atoms with Crippen LogP contribution in [0.1, 0.15) is 32.4 Å². The van der Waals surface area contributed by atoms with Crippen molar-refractivity contribution in [1.29, 1.82) is 0 Å². The van der Waals surface area contributed by atoms with Gasteiger partial charge in [0.2, 0.25) is 15.9 Å². The molecule has 0 aliphatic carbocycles. The molecule has 0 heterocycles. The Hall–Kier alpha value is -2.54. The number of amides is 1. The first-order valence-electron chi connectivity index (χ1n) is 8.81. The van der Waals surface area contributed by atoms with E-state index in [-0.39, 0.29) is 11.9 Å². The standard InChI is InChI=1S/C20H26N2O4S/c1-5-26-19-13-11-17(12-14-19)15(2)21-20(23)16(3)22(27(4,24)25)18-9-7-6-8-10-18/h6-16H,5H2,1-4H3,(H,21,23)/t15-,16+/m1/s1. The van der Waals surface area contributed by atoms with E-state index >= 15 is 0 Å². The predicted octanol–water partition coefficient (Wildman–Crippen LogP) is 3.12. The molecule has 1 N–H and O–H groups in total. The molecule has 7 heteroatoms. The highest BCUT2D eigenvalue weighted by Crippen LogP contribution is 2.22. The van der Waals surface area contributed by atoms with Gasteiger partial charge >= 0.3 is 0 Å². The monoisotopic (exact) mass is 390 g/mol. The third-order valence-corrected chi connectivity index (χ3v) is 5.39. The summed E-state index contributed by atoms with van der Waals surface area (Å²) in [5, 5.41) is 2.88. The quantitative estimate of drug-likeness (QED) is 0.751. The highest BCUT2D eigenvalue weighted by Gasteiger charge is 2.29. The molecule has 2 aromatic carbocycles. The normalized spacial score (nSPS) is 13.5. The van der Waals surface area contributed by atoms with Crippen LogP contribution in [0.25, 0.3) is 0 Å². The van der Waals surface area contributed by atoms with Gasteiger partial charge in [-0.2, -0.15) is 0 Å². The van der Waals surface area contributed by atoms with Gasteiger partial charge in [0.15, 0.2) is 0 Å². The fraction of sp³-hybridized carbons (Fsp3) is 0.350. The van der Waals surface area contributed by atoms with Crippen molar-refractivity contribution in [1.82, 2.24) is 5.32 Å². The second kappa shape index (κ2) is 8.90. The second-order valence-electron chi connectivity index (χ2n) is 6.30. The summed E-state index contributed by atoms with van der Waals surface area (Å²) < 4.78 is 31.1. The smallest absolute Gasteiger partial charge is 0.244 e. The zero-order chi connectivity index (χ0) is 20.0. The molecular weight excluding hydrogens is 364 g/mol. The van der Waals surface area contributed by atoms with E-state index in [0.29, 0.717) is 12.3 Å². The number of nitrogens with zero attached hydrogens (tertiary/aromatic N) is 1. The Morgan fingerprint density at radius 1 is 1.07 bits per heavy atom. The van der Waals surface area contributed by atoms with Gasteiger partial charge in [-0.05, 0) is 50.6 Å². The Morgan fingerprint density at radius 2 is 1.67 bits per heavy atom. The average Bonchev–Trinajstić information content (AvgIpc) is 2.62. The lowest BCUT2D eigenvalue weighted by atomic mass is 10.1. The molecule has 6 nitrogen and oxygen atoms in total. The number of ether oxygens (including phenoxy) is 1. The number of hydrogen-bond acceptors (Lipinski definition) is 4. The first-order valence-corrected chi connectivity index (χ1v) is 10.7. The lowest BCUT2D eigenvalue weighted by molar-refractivity contribution is -0.122. The zero-order valence-corrected chi connectivity index (χ0v) is 16.9. The molecule has 2 rings (SSSR count). The Bertz CT molecular complexity index is 851. The SMILES string of the molecule is CCOc1ccc([C@@H](C)NC(=O)[C@H](C)N(c2ccccc2)S(C)(=O)=O)cc1. The van der Waals surface area contributed by atoms with Crippen molar-refractivity contribution < 1.29 is 17.9 Å². The van der Waals surface area contributed by atoms with Crippen molar-refractivity contribution in [2.75, 3.05) is 17.2 Å². The van der Waals surface area contributed by atoms with E-state index in [1.165, 1.54) is 0 Å². The Labute approximate surface area is 161 Å². The largest absolute Gasteiger partial charge is 0.494 e. The van der Waals surface area contributed by atoms with Crippen molar-refractivity contribution in [3.63, 3.8) is 0 Å². The molecule has 146 valence electrons. The molecule has 2 atom stereocenters. The Kier molecular flexibility index (Phi) is 6.85. The maximum absolute atomic E-state index is 12.7. The number of anilines is 1. The molecule has 0 saturated carbocycles. The minimum atomic E-state index is -3.62. The van der Waals surface area contributed by atoms with Gasteiger partial charge in [0.05, 0.1) is 24.6 Å². The molecule has 1 amide bonds. The maximum atomic E-state index is 12.7. The van der Waals surface area contributed by atoms with Gasteiger partial charge in [-0.25, -0.2) is 8.42 Å². The predicted molar refractivity (Wildman–Crippen MR) is 107 cm³/mol. The van der Waals surface area contributed by atoms with Gasteiger partial charge in [0, 0.05) is 0 Å². The topological polar surface area (TPSA) is 75.7 Å². The number of carbonyl (C=O) groups is 1. The maximum Gasteiger partial charge on any atom is 0.244 e. The number of rotatable bonds is 8. The first kappa shape index (κ1) is 20.8. The number of nitrogens with one attached hydrogen (secondary N) is 1. The molecule has 2 aromatic rings. The molecule has 0 fully saturated rings. The van der Waals surface area contributed by atoms with E-state index in [9.17, 15) is 13.2 Å². The number of hydrogen-bond donors (Lipinski definition) is 1. The van der Waals surface area contributed by atoms with Crippen LogP contribution in [-0.4, -0.2) is 33.2 Å². The highest BCUT2D eigenvalue weighted by molar-refractivity contribution is 7.92. The van der Waals surface area contributed by atoms with Gasteiger partial charge in [0.1, 0.15) is 11.8 Å². The highest BCUT2D eigenvalue weighted by atomic mass is 32.2. The van der Waals surface area contributed by atoms with E-state index in [1.54, 1.807) is 37.3 Å². The van der Waals surface area contributed by atoms with E-state index in [1.807, 2.05) is 38.1 Å². The van der Waals surface area contributed by atoms with E-state index in [0.717, 1.165) is 21.9 Å². The van der Waals surface area contributed by atoms with E-state index in [2.05, 4.69) is 5.32 Å². The molecule has 27 heavy (non-hydrogen) atoms. The van der Waals surface area contributed by atoms with Gasteiger partial charge < -0.3 is 10.1 Å². The third kappa shape index (κ3) is 5.47. The van der Waals surface area contributed by atoms with Crippen LogP contribution in [0, 0.1) is 0 Å². The Balaban J connectivity index is 2.15. The number of benzene rings is 2. The molecule has 0 saturated heterocycles.